The summed E-state index contributed by atoms with van der Waals surface area (Å²) in [6.07, 6.45) is 3.88. The molecule has 184 valence electrons. The van der Waals surface area contributed by atoms with E-state index in [0.29, 0.717) is 27.1 Å². The number of thiazole rings is 1. The summed E-state index contributed by atoms with van der Waals surface area (Å²) in [6.45, 7) is -0.357. The fourth-order valence-corrected chi connectivity index (χ4v) is 6.18. The highest BCUT2D eigenvalue weighted by atomic mass is 32.2. The molecule has 4 N–H and O–H groups in total. The van der Waals surface area contributed by atoms with Gasteiger partial charge in [-0.1, -0.05) is 12.1 Å². The number of carbonyl (C=O) groups is 2. The molecule has 1 heterocycles. The number of halogens is 1. The zero-order valence-electron chi connectivity index (χ0n) is 19.0. The molecule has 0 radical (unpaired) electrons. The van der Waals surface area contributed by atoms with Gasteiger partial charge in [-0.05, 0) is 42.2 Å². The monoisotopic (exact) mass is 517 g/mol. The number of aromatic nitrogens is 1. The van der Waals surface area contributed by atoms with E-state index in [-0.39, 0.29) is 23.1 Å². The van der Waals surface area contributed by atoms with Gasteiger partial charge in [0.2, 0.25) is 11.8 Å². The number of nitrogens with zero attached hydrogens (tertiary/aromatic N) is 1. The van der Waals surface area contributed by atoms with Gasteiger partial charge in [-0.25, -0.2) is 17.8 Å². The first kappa shape index (κ1) is 24.7. The Bertz CT molecular complexity index is 1430. The largest absolute Gasteiger partial charge is 0.388 e. The van der Waals surface area contributed by atoms with Crippen molar-refractivity contribution in [3.8, 4) is 11.1 Å². The Kier molecular flexibility index (Phi) is 6.86. The number of anilines is 1. The number of carbonyl (C=O) groups excluding carboxylic acids is 2. The van der Waals surface area contributed by atoms with Crippen LogP contribution in [0.1, 0.15) is 28.7 Å². The van der Waals surface area contributed by atoms with Crippen molar-refractivity contribution in [2.24, 2.45) is 0 Å². The molecule has 1 fully saturated rings. The van der Waals surface area contributed by atoms with Crippen molar-refractivity contribution in [1.82, 2.24) is 15.6 Å². The van der Waals surface area contributed by atoms with Crippen molar-refractivity contribution in [3.05, 3.63) is 46.7 Å². The molecule has 9 nitrogen and oxygen atoms in total. The van der Waals surface area contributed by atoms with Crippen molar-refractivity contribution in [3.63, 3.8) is 0 Å². The molecule has 1 aromatic heterocycles. The number of nitrogens with one attached hydrogen (secondary N) is 4. The Morgan fingerprint density at radius 3 is 2.63 bits per heavy atom. The van der Waals surface area contributed by atoms with Crippen LogP contribution in [0, 0.1) is 11.2 Å². The van der Waals surface area contributed by atoms with Crippen LogP contribution < -0.4 is 16.0 Å². The van der Waals surface area contributed by atoms with Gasteiger partial charge >= 0.3 is 0 Å². The fraction of sp³-hybridized carbons (Fsp3) is 0.304. The molecule has 1 aliphatic rings. The highest BCUT2D eigenvalue weighted by Gasteiger charge is 2.35. The third kappa shape index (κ3) is 5.49. The number of rotatable bonds is 9. The molecule has 0 aliphatic heterocycles. The Morgan fingerprint density at radius 1 is 1.26 bits per heavy atom. The van der Waals surface area contributed by atoms with Gasteiger partial charge < -0.3 is 21.4 Å². The van der Waals surface area contributed by atoms with Gasteiger partial charge in [-0.2, -0.15) is 0 Å². The molecular weight excluding hydrogens is 493 g/mol. The minimum atomic E-state index is -3.96. The third-order valence-electron chi connectivity index (χ3n) is 5.53. The van der Waals surface area contributed by atoms with Gasteiger partial charge in [0.05, 0.1) is 11.2 Å². The topological polar surface area (TPSA) is 141 Å². The summed E-state index contributed by atoms with van der Waals surface area (Å²) in [5.41, 5.74) is 2.56. The second-order valence-corrected chi connectivity index (χ2v) is 11.5. The Morgan fingerprint density at radius 2 is 2.00 bits per heavy atom. The smallest absolute Gasteiger partial charge is 0.245 e. The Labute approximate surface area is 205 Å². The van der Waals surface area contributed by atoms with Crippen molar-refractivity contribution < 1.29 is 22.4 Å². The average molecular weight is 518 g/mol. The van der Waals surface area contributed by atoms with Gasteiger partial charge in [0, 0.05) is 36.8 Å². The van der Waals surface area contributed by atoms with Gasteiger partial charge in [0.25, 0.3) is 0 Å². The Hall–Kier alpha value is -3.38. The molecule has 0 saturated heterocycles. The lowest BCUT2D eigenvalue weighted by Crippen LogP contribution is -2.41. The van der Waals surface area contributed by atoms with Crippen LogP contribution in [-0.2, 0) is 19.4 Å². The van der Waals surface area contributed by atoms with E-state index in [2.05, 4.69) is 20.9 Å². The molecular formula is C23H24FN5O4S2. The number of fused-ring (bicyclic) bond motifs is 1. The first-order chi connectivity index (χ1) is 16.6. The van der Waals surface area contributed by atoms with E-state index < -0.39 is 32.7 Å². The van der Waals surface area contributed by atoms with Crippen molar-refractivity contribution in [2.45, 2.75) is 24.1 Å². The van der Waals surface area contributed by atoms with Gasteiger partial charge in [0.1, 0.15) is 10.5 Å². The summed E-state index contributed by atoms with van der Waals surface area (Å²) < 4.78 is 40.3. The molecule has 0 bridgehead atoms. The maximum absolute atomic E-state index is 15.0. The maximum Gasteiger partial charge on any atom is 0.245 e. The van der Waals surface area contributed by atoms with Crippen molar-refractivity contribution >= 4 is 55.1 Å². The number of amides is 2. The second-order valence-electron chi connectivity index (χ2n) is 8.32. The van der Waals surface area contributed by atoms with Crippen LogP contribution in [-0.4, -0.2) is 57.3 Å². The zero-order valence-corrected chi connectivity index (χ0v) is 20.6. The first-order valence-electron chi connectivity index (χ1n) is 10.8. The summed E-state index contributed by atoms with van der Waals surface area (Å²) in [5.74, 6) is -1.94. The first-order valence-corrected chi connectivity index (χ1v) is 13.6. The van der Waals surface area contributed by atoms with Crippen LogP contribution in [0.2, 0.25) is 0 Å². The van der Waals surface area contributed by atoms with Crippen LogP contribution in [0.15, 0.2) is 30.3 Å². The van der Waals surface area contributed by atoms with E-state index in [0.717, 1.165) is 30.4 Å². The predicted octanol–water partition coefficient (Wildman–Crippen LogP) is 2.62. The van der Waals surface area contributed by atoms with Crippen LogP contribution in [0.4, 0.5) is 10.1 Å². The van der Waals surface area contributed by atoms with E-state index in [1.807, 2.05) is 0 Å². The molecule has 2 aromatic carbocycles. The normalized spacial score (nSPS) is 14.4. The molecule has 1 atom stereocenters. The SMILES string of the molecule is CNc1cc(-c2cc(F)c3nc(C(C(=O)NCC(=O)NC4CC4)S(C)(=O)=O)sc3c2)ccc1C=N. The third-order valence-corrected chi connectivity index (χ3v) is 8.04. The standard InChI is InChI=1S/C23H24FN5O4S2/c1-26-17-8-12(3-4-13(17)10-25)14-7-16(24)20-18(9-14)34-23(29-20)21(35(2,32)33)22(31)27-11-19(30)28-15-5-6-15/h3-4,7-10,15,21,25-26H,5-6,11H2,1-2H3,(H,27,31)(H,28,30). The summed E-state index contributed by atoms with van der Waals surface area (Å²) in [5, 5.41) is 13.8. The van der Waals surface area contributed by atoms with Gasteiger partial charge in [-0.15, -0.1) is 11.3 Å². The highest BCUT2D eigenvalue weighted by molar-refractivity contribution is 7.91. The van der Waals surface area contributed by atoms with Crippen LogP contribution in [0.3, 0.4) is 0 Å². The molecule has 2 amide bonds. The number of hydrogen-bond donors (Lipinski definition) is 4. The minimum Gasteiger partial charge on any atom is -0.388 e. The molecule has 1 saturated carbocycles. The molecule has 4 rings (SSSR count). The van der Waals surface area contributed by atoms with E-state index in [1.54, 1.807) is 31.3 Å². The molecule has 3 aromatic rings. The second kappa shape index (κ2) is 9.70. The van der Waals surface area contributed by atoms with Crippen LogP contribution in [0.25, 0.3) is 21.3 Å². The highest BCUT2D eigenvalue weighted by Crippen LogP contribution is 2.35. The minimum absolute atomic E-state index is 0.0355. The summed E-state index contributed by atoms with van der Waals surface area (Å²) in [4.78, 5) is 28.8. The van der Waals surface area contributed by atoms with Crippen LogP contribution >= 0.6 is 11.3 Å². The lowest BCUT2D eigenvalue weighted by atomic mass is 10.0. The lowest BCUT2D eigenvalue weighted by molar-refractivity contribution is -0.126. The number of sulfone groups is 1. The lowest BCUT2D eigenvalue weighted by Gasteiger charge is -2.12. The van der Waals surface area contributed by atoms with Gasteiger partial charge in [0.15, 0.2) is 20.9 Å². The Balaban J connectivity index is 1.66. The van der Waals surface area contributed by atoms with E-state index in [4.69, 9.17) is 5.41 Å². The average Bonchev–Trinajstić information content (AvgIpc) is 3.52. The van der Waals surface area contributed by atoms with E-state index >= 15 is 4.39 Å². The summed E-state index contributed by atoms with van der Waals surface area (Å²) in [6, 6.07) is 8.35. The van der Waals surface area contributed by atoms with Crippen molar-refractivity contribution in [1.29, 1.82) is 5.41 Å². The van der Waals surface area contributed by atoms with E-state index in [9.17, 15) is 18.0 Å². The maximum atomic E-state index is 15.0. The molecule has 1 unspecified atom stereocenters. The number of benzene rings is 2. The predicted molar refractivity (Wildman–Crippen MR) is 134 cm³/mol. The molecule has 1 aliphatic carbocycles. The molecule has 12 heteroatoms. The van der Waals surface area contributed by atoms with E-state index in [1.165, 1.54) is 12.3 Å². The number of hydrogen-bond acceptors (Lipinski definition) is 8. The van der Waals surface area contributed by atoms with Gasteiger partial charge in [-0.3, -0.25) is 9.59 Å². The summed E-state index contributed by atoms with van der Waals surface area (Å²) >= 11 is 0.913. The van der Waals surface area contributed by atoms with Crippen LogP contribution in [0.5, 0.6) is 0 Å². The van der Waals surface area contributed by atoms with Crippen molar-refractivity contribution in [2.75, 3.05) is 25.2 Å². The summed E-state index contributed by atoms with van der Waals surface area (Å²) in [7, 11) is -2.24. The fourth-order valence-electron chi connectivity index (χ4n) is 3.62. The molecule has 0 spiro atoms. The quantitative estimate of drug-likeness (QED) is 0.322. The zero-order chi connectivity index (χ0) is 25.3. The molecule has 35 heavy (non-hydrogen) atoms.